The molecule has 0 amide bonds. The van der Waals surface area contributed by atoms with Crippen LogP contribution in [0.25, 0.3) is 0 Å². The zero-order valence-electron chi connectivity index (χ0n) is 8.32. The molecule has 0 spiro atoms. The van der Waals surface area contributed by atoms with Gasteiger partial charge in [0, 0.05) is 0 Å². The van der Waals surface area contributed by atoms with E-state index in [2.05, 4.69) is 0 Å². The number of aryl methyl sites for hydroxylation is 1. The second kappa shape index (κ2) is 4.24. The van der Waals surface area contributed by atoms with Gasteiger partial charge in [-0.2, -0.15) is 0 Å². The van der Waals surface area contributed by atoms with Crippen LogP contribution in [0.3, 0.4) is 0 Å². The third-order valence-corrected chi connectivity index (χ3v) is 2.50. The number of carbonyl (C=O) groups is 1. The van der Waals surface area contributed by atoms with Crippen LogP contribution in [0.2, 0.25) is 0 Å². The number of benzene rings is 1. The molecule has 0 saturated heterocycles. The van der Waals surface area contributed by atoms with Gasteiger partial charge in [0.1, 0.15) is 5.92 Å². The van der Waals surface area contributed by atoms with Gasteiger partial charge < -0.3 is 10.2 Å². The van der Waals surface area contributed by atoms with Gasteiger partial charge in [0.15, 0.2) is 0 Å². The molecule has 1 rings (SSSR count). The first-order chi connectivity index (χ1) is 6.57. The molecule has 14 heavy (non-hydrogen) atoms. The molecule has 2 N–H and O–H groups in total. The standard InChI is InChI=1S/C11H14O3/c1-7-4-3-5-9(8(7)2)10(6-12)11(13)14/h3-5,10,12H,6H2,1-2H3,(H,13,14). The Kier molecular flexibility index (Phi) is 3.25. The van der Waals surface area contributed by atoms with Crippen molar-refractivity contribution in [3.05, 3.63) is 34.9 Å². The SMILES string of the molecule is Cc1cccc(C(CO)C(=O)O)c1C. The van der Waals surface area contributed by atoms with E-state index in [1.54, 1.807) is 6.07 Å². The van der Waals surface area contributed by atoms with Crippen molar-refractivity contribution in [2.24, 2.45) is 0 Å². The maximum atomic E-state index is 10.8. The molecule has 1 atom stereocenters. The average molecular weight is 194 g/mol. The lowest BCUT2D eigenvalue weighted by Crippen LogP contribution is -2.16. The molecular weight excluding hydrogens is 180 g/mol. The third-order valence-electron chi connectivity index (χ3n) is 2.50. The Morgan fingerprint density at radius 3 is 2.57 bits per heavy atom. The van der Waals surface area contributed by atoms with Crippen molar-refractivity contribution in [1.29, 1.82) is 0 Å². The molecule has 3 nitrogen and oxygen atoms in total. The molecule has 1 aromatic carbocycles. The van der Waals surface area contributed by atoms with E-state index in [-0.39, 0.29) is 6.61 Å². The van der Waals surface area contributed by atoms with E-state index >= 15 is 0 Å². The fraction of sp³-hybridized carbons (Fsp3) is 0.364. The minimum absolute atomic E-state index is 0.361. The highest BCUT2D eigenvalue weighted by atomic mass is 16.4. The van der Waals surface area contributed by atoms with E-state index in [0.717, 1.165) is 11.1 Å². The van der Waals surface area contributed by atoms with E-state index in [1.165, 1.54) is 0 Å². The van der Waals surface area contributed by atoms with Crippen LogP contribution in [-0.2, 0) is 4.79 Å². The van der Waals surface area contributed by atoms with Gasteiger partial charge in [0.2, 0.25) is 0 Å². The maximum absolute atomic E-state index is 10.8. The van der Waals surface area contributed by atoms with Crippen molar-refractivity contribution < 1.29 is 15.0 Å². The Balaban J connectivity index is 3.16. The van der Waals surface area contributed by atoms with E-state index in [0.29, 0.717) is 5.56 Å². The van der Waals surface area contributed by atoms with Crippen LogP contribution >= 0.6 is 0 Å². The molecule has 0 aliphatic carbocycles. The van der Waals surface area contributed by atoms with Gasteiger partial charge in [0.05, 0.1) is 6.61 Å². The zero-order valence-corrected chi connectivity index (χ0v) is 8.32. The summed E-state index contributed by atoms with van der Waals surface area (Å²) in [5, 5.41) is 17.9. The normalized spacial score (nSPS) is 12.5. The fourth-order valence-electron chi connectivity index (χ4n) is 1.46. The highest BCUT2D eigenvalue weighted by Gasteiger charge is 2.20. The van der Waals surface area contributed by atoms with Crippen molar-refractivity contribution in [3.8, 4) is 0 Å². The lowest BCUT2D eigenvalue weighted by Gasteiger charge is -2.13. The molecule has 1 aromatic rings. The molecule has 3 heteroatoms. The van der Waals surface area contributed by atoms with Crippen LogP contribution < -0.4 is 0 Å². The van der Waals surface area contributed by atoms with Crippen molar-refractivity contribution >= 4 is 5.97 Å². The zero-order chi connectivity index (χ0) is 10.7. The molecule has 76 valence electrons. The number of aliphatic carboxylic acids is 1. The first-order valence-electron chi connectivity index (χ1n) is 4.47. The van der Waals surface area contributed by atoms with Crippen LogP contribution in [0.1, 0.15) is 22.6 Å². The fourth-order valence-corrected chi connectivity index (χ4v) is 1.46. The number of aliphatic hydroxyl groups excluding tert-OH is 1. The Labute approximate surface area is 83.0 Å². The van der Waals surface area contributed by atoms with Crippen molar-refractivity contribution in [3.63, 3.8) is 0 Å². The van der Waals surface area contributed by atoms with Gasteiger partial charge in [-0.3, -0.25) is 4.79 Å². The summed E-state index contributed by atoms with van der Waals surface area (Å²) in [6, 6.07) is 5.48. The number of carboxylic acids is 1. The first kappa shape index (κ1) is 10.7. The number of hydrogen-bond acceptors (Lipinski definition) is 2. The summed E-state index contributed by atoms with van der Waals surface area (Å²) >= 11 is 0. The monoisotopic (exact) mass is 194 g/mol. The van der Waals surface area contributed by atoms with Crippen molar-refractivity contribution in [2.45, 2.75) is 19.8 Å². The third kappa shape index (κ3) is 1.93. The topological polar surface area (TPSA) is 57.5 Å². The second-order valence-corrected chi connectivity index (χ2v) is 3.36. The van der Waals surface area contributed by atoms with Crippen molar-refractivity contribution in [2.75, 3.05) is 6.61 Å². The largest absolute Gasteiger partial charge is 0.481 e. The Bertz CT molecular complexity index is 344. The minimum Gasteiger partial charge on any atom is -0.481 e. The predicted octanol–water partition coefficient (Wildman–Crippen LogP) is 1.46. The molecular formula is C11H14O3. The summed E-state index contributed by atoms with van der Waals surface area (Å²) in [7, 11) is 0. The maximum Gasteiger partial charge on any atom is 0.313 e. The van der Waals surface area contributed by atoms with Crippen LogP contribution in [-0.4, -0.2) is 22.8 Å². The highest BCUT2D eigenvalue weighted by Crippen LogP contribution is 2.22. The number of hydrogen-bond donors (Lipinski definition) is 2. The molecule has 0 heterocycles. The van der Waals surface area contributed by atoms with E-state index in [9.17, 15) is 4.79 Å². The van der Waals surface area contributed by atoms with E-state index in [4.69, 9.17) is 10.2 Å². The Morgan fingerprint density at radius 1 is 1.43 bits per heavy atom. The minimum atomic E-state index is -0.985. The highest BCUT2D eigenvalue weighted by molar-refractivity contribution is 5.77. The van der Waals surface area contributed by atoms with Crippen LogP contribution in [0, 0.1) is 13.8 Å². The molecule has 0 aliphatic rings. The summed E-state index contributed by atoms with van der Waals surface area (Å²) in [5.74, 6) is -1.80. The van der Waals surface area contributed by atoms with Gasteiger partial charge in [-0.1, -0.05) is 18.2 Å². The average Bonchev–Trinajstić information content (AvgIpc) is 2.13. The van der Waals surface area contributed by atoms with Gasteiger partial charge in [-0.25, -0.2) is 0 Å². The second-order valence-electron chi connectivity index (χ2n) is 3.36. The summed E-state index contributed by atoms with van der Waals surface area (Å²) in [5.41, 5.74) is 2.68. The van der Waals surface area contributed by atoms with E-state index < -0.39 is 11.9 Å². The molecule has 1 unspecified atom stereocenters. The molecule has 0 fully saturated rings. The molecule has 0 radical (unpaired) electrons. The van der Waals surface area contributed by atoms with Crippen LogP contribution in [0.5, 0.6) is 0 Å². The van der Waals surface area contributed by atoms with Crippen molar-refractivity contribution in [1.82, 2.24) is 0 Å². The number of aliphatic hydroxyl groups is 1. The molecule has 0 aromatic heterocycles. The smallest absolute Gasteiger partial charge is 0.313 e. The van der Waals surface area contributed by atoms with E-state index in [1.807, 2.05) is 26.0 Å². The van der Waals surface area contributed by atoms with Crippen LogP contribution in [0.15, 0.2) is 18.2 Å². The summed E-state index contributed by atoms with van der Waals surface area (Å²) in [6.07, 6.45) is 0. The number of carboxylic acid groups (broad SMARTS) is 1. The van der Waals surface area contributed by atoms with Gasteiger partial charge >= 0.3 is 5.97 Å². The summed E-state index contributed by atoms with van der Waals surface area (Å²) in [4.78, 5) is 10.8. The first-order valence-corrected chi connectivity index (χ1v) is 4.47. The van der Waals surface area contributed by atoms with Gasteiger partial charge in [0.25, 0.3) is 0 Å². The lowest BCUT2D eigenvalue weighted by atomic mass is 9.93. The lowest BCUT2D eigenvalue weighted by molar-refractivity contribution is -0.139. The van der Waals surface area contributed by atoms with Gasteiger partial charge in [-0.15, -0.1) is 0 Å². The summed E-state index contributed by atoms with van der Waals surface area (Å²) < 4.78 is 0. The summed E-state index contributed by atoms with van der Waals surface area (Å²) in [6.45, 7) is 3.44. The van der Waals surface area contributed by atoms with Gasteiger partial charge in [-0.05, 0) is 30.5 Å². The number of rotatable bonds is 3. The quantitative estimate of drug-likeness (QED) is 0.766. The molecule has 0 aliphatic heterocycles. The Morgan fingerprint density at radius 2 is 2.07 bits per heavy atom. The Hall–Kier alpha value is -1.35. The molecule has 0 bridgehead atoms. The predicted molar refractivity (Wildman–Crippen MR) is 53.4 cm³/mol. The molecule has 0 saturated carbocycles. The van der Waals surface area contributed by atoms with Crippen LogP contribution in [0.4, 0.5) is 0 Å².